The summed E-state index contributed by atoms with van der Waals surface area (Å²) < 4.78 is 5.23. The van der Waals surface area contributed by atoms with E-state index < -0.39 is 11.9 Å². The van der Waals surface area contributed by atoms with E-state index in [1.165, 1.54) is 0 Å². The zero-order valence-corrected chi connectivity index (χ0v) is 16.1. The third kappa shape index (κ3) is 4.94. The van der Waals surface area contributed by atoms with Crippen LogP contribution >= 0.6 is 0 Å². The maximum absolute atomic E-state index is 11.6. The predicted molar refractivity (Wildman–Crippen MR) is 107 cm³/mol. The molecule has 27 heavy (non-hydrogen) atoms. The largest absolute Gasteiger partial charge is 0.478 e. The van der Waals surface area contributed by atoms with Gasteiger partial charge in [0.05, 0.1) is 0 Å². The molecule has 0 aliphatic rings. The number of rotatable bonds is 6. The van der Waals surface area contributed by atoms with Gasteiger partial charge in [-0.1, -0.05) is 56.8 Å². The molecule has 0 saturated heterocycles. The van der Waals surface area contributed by atoms with Crippen LogP contribution in [0, 0.1) is 0 Å². The van der Waals surface area contributed by atoms with E-state index in [-0.39, 0.29) is 5.41 Å². The number of benzene rings is 2. The summed E-state index contributed by atoms with van der Waals surface area (Å²) in [5.74, 6) is -0.888. The fourth-order valence-corrected chi connectivity index (χ4v) is 2.61. The first-order valence-electron chi connectivity index (χ1n) is 8.61. The van der Waals surface area contributed by atoms with Gasteiger partial charge in [0.25, 0.3) is 0 Å². The predicted octanol–water partition coefficient (Wildman–Crippen LogP) is 4.98. The first kappa shape index (κ1) is 20.2. The van der Waals surface area contributed by atoms with Gasteiger partial charge < -0.3 is 9.84 Å². The molecule has 0 bridgehead atoms. The second-order valence-corrected chi connectivity index (χ2v) is 7.07. The van der Waals surface area contributed by atoms with E-state index in [1.807, 2.05) is 36.4 Å². The number of hydrogen-bond donors (Lipinski definition) is 1. The highest BCUT2D eigenvalue weighted by atomic mass is 16.5. The topological polar surface area (TPSA) is 63.6 Å². The second-order valence-electron chi connectivity index (χ2n) is 7.07. The first-order valence-corrected chi connectivity index (χ1v) is 8.61. The van der Waals surface area contributed by atoms with Crippen LogP contribution < -0.4 is 4.74 Å². The minimum absolute atomic E-state index is 0.263. The Kier molecular flexibility index (Phi) is 6.01. The van der Waals surface area contributed by atoms with Crippen molar-refractivity contribution in [3.8, 4) is 5.75 Å². The summed E-state index contributed by atoms with van der Waals surface area (Å²) in [7, 11) is 0. The lowest BCUT2D eigenvalue weighted by molar-refractivity contribution is -0.132. The molecular formula is C23H24O4. The summed E-state index contributed by atoms with van der Waals surface area (Å²) in [6.07, 6.45) is 1.64. The van der Waals surface area contributed by atoms with Crippen molar-refractivity contribution in [2.45, 2.75) is 33.1 Å². The van der Waals surface area contributed by atoms with Gasteiger partial charge in [-0.15, -0.1) is 0 Å². The average molecular weight is 364 g/mol. The van der Waals surface area contributed by atoms with Gasteiger partial charge in [0.15, 0.2) is 0 Å². The monoisotopic (exact) mass is 364 g/mol. The van der Waals surface area contributed by atoms with Crippen LogP contribution in [0.3, 0.4) is 0 Å². The maximum Gasteiger partial charge on any atom is 0.338 e. The number of carbonyl (C=O) groups is 2. The van der Waals surface area contributed by atoms with Crippen molar-refractivity contribution in [3.63, 3.8) is 0 Å². The fraction of sp³-hybridized carbons (Fsp3) is 0.217. The van der Waals surface area contributed by atoms with Gasteiger partial charge in [0, 0.05) is 16.6 Å². The van der Waals surface area contributed by atoms with Gasteiger partial charge >= 0.3 is 11.9 Å². The zero-order chi connectivity index (χ0) is 20.2. The van der Waals surface area contributed by atoms with Gasteiger partial charge in [-0.2, -0.15) is 0 Å². The Morgan fingerprint density at radius 1 is 0.963 bits per heavy atom. The molecule has 0 unspecified atom stereocenters. The minimum Gasteiger partial charge on any atom is -0.478 e. The van der Waals surface area contributed by atoms with Crippen LogP contribution in [0.4, 0.5) is 0 Å². The molecule has 0 aromatic heterocycles. The SMILES string of the molecule is C=C(C)C(=O)Oc1ccc(C(C)(C)c2ccc(C=C(C)C(=O)O)cc2)cc1. The zero-order valence-electron chi connectivity index (χ0n) is 16.1. The molecule has 0 saturated carbocycles. The summed E-state index contributed by atoms with van der Waals surface area (Å²) in [6.45, 7) is 11.0. The summed E-state index contributed by atoms with van der Waals surface area (Å²) in [4.78, 5) is 22.5. The molecule has 4 heteroatoms. The highest BCUT2D eigenvalue weighted by Gasteiger charge is 2.23. The summed E-state index contributed by atoms with van der Waals surface area (Å²) in [5, 5.41) is 8.98. The van der Waals surface area contributed by atoms with Crippen molar-refractivity contribution < 1.29 is 19.4 Å². The van der Waals surface area contributed by atoms with Crippen molar-refractivity contribution in [2.24, 2.45) is 0 Å². The van der Waals surface area contributed by atoms with Gasteiger partial charge in [-0.25, -0.2) is 9.59 Å². The summed E-state index contributed by atoms with van der Waals surface area (Å²) in [6, 6.07) is 15.2. The lowest BCUT2D eigenvalue weighted by Crippen LogP contribution is -2.18. The van der Waals surface area contributed by atoms with Crippen LogP contribution in [-0.4, -0.2) is 17.0 Å². The quantitative estimate of drug-likeness (QED) is 0.446. The normalized spacial score (nSPS) is 11.8. The van der Waals surface area contributed by atoms with E-state index in [1.54, 1.807) is 32.1 Å². The number of carboxylic acids is 1. The molecule has 4 nitrogen and oxygen atoms in total. The van der Waals surface area contributed by atoms with E-state index in [0.29, 0.717) is 16.9 Å². The summed E-state index contributed by atoms with van der Waals surface area (Å²) >= 11 is 0. The Morgan fingerprint density at radius 2 is 1.44 bits per heavy atom. The third-order valence-electron chi connectivity index (χ3n) is 4.49. The Hall–Kier alpha value is -3.14. The molecular weight excluding hydrogens is 340 g/mol. The highest BCUT2D eigenvalue weighted by Crippen LogP contribution is 2.32. The highest BCUT2D eigenvalue weighted by molar-refractivity contribution is 5.91. The van der Waals surface area contributed by atoms with Crippen LogP contribution in [0.1, 0.15) is 44.4 Å². The van der Waals surface area contributed by atoms with Gasteiger partial charge in [-0.3, -0.25) is 0 Å². The number of hydrogen-bond acceptors (Lipinski definition) is 3. The van der Waals surface area contributed by atoms with Crippen molar-refractivity contribution in [1.29, 1.82) is 0 Å². The van der Waals surface area contributed by atoms with E-state index >= 15 is 0 Å². The van der Waals surface area contributed by atoms with E-state index in [9.17, 15) is 9.59 Å². The Bertz CT molecular complexity index is 885. The Balaban J connectivity index is 2.22. The molecule has 0 heterocycles. The van der Waals surface area contributed by atoms with Crippen molar-refractivity contribution in [3.05, 3.63) is 82.9 Å². The van der Waals surface area contributed by atoms with Crippen LogP contribution in [0.5, 0.6) is 5.75 Å². The smallest absolute Gasteiger partial charge is 0.338 e. The van der Waals surface area contributed by atoms with Crippen molar-refractivity contribution >= 4 is 18.0 Å². The Labute approximate surface area is 159 Å². The van der Waals surface area contributed by atoms with Crippen LogP contribution in [-0.2, 0) is 15.0 Å². The first-order chi connectivity index (χ1) is 12.6. The van der Waals surface area contributed by atoms with Gasteiger partial charge in [-0.05, 0) is 48.7 Å². The molecule has 1 N–H and O–H groups in total. The lowest BCUT2D eigenvalue weighted by Gasteiger charge is -2.26. The molecule has 0 aliphatic carbocycles. The maximum atomic E-state index is 11.6. The van der Waals surface area contributed by atoms with Crippen LogP contribution in [0.25, 0.3) is 6.08 Å². The third-order valence-corrected chi connectivity index (χ3v) is 4.49. The minimum atomic E-state index is -0.924. The molecule has 0 fully saturated rings. The van der Waals surface area contributed by atoms with Crippen molar-refractivity contribution in [2.75, 3.05) is 0 Å². The number of carboxylic acid groups (broad SMARTS) is 1. The van der Waals surface area contributed by atoms with E-state index in [4.69, 9.17) is 9.84 Å². The molecule has 0 radical (unpaired) electrons. The second kappa shape index (κ2) is 8.04. The molecule has 0 spiro atoms. The summed E-state index contributed by atoms with van der Waals surface area (Å²) in [5.41, 5.74) is 3.40. The lowest BCUT2D eigenvalue weighted by atomic mass is 9.78. The number of ether oxygens (including phenoxy) is 1. The molecule has 140 valence electrons. The number of carbonyl (C=O) groups excluding carboxylic acids is 1. The number of aliphatic carboxylic acids is 1. The van der Waals surface area contributed by atoms with E-state index in [0.717, 1.165) is 16.7 Å². The molecule has 0 amide bonds. The Morgan fingerprint density at radius 3 is 1.89 bits per heavy atom. The van der Waals surface area contributed by atoms with Crippen LogP contribution in [0.2, 0.25) is 0 Å². The number of esters is 1. The van der Waals surface area contributed by atoms with E-state index in [2.05, 4.69) is 20.4 Å². The molecule has 2 rings (SSSR count). The van der Waals surface area contributed by atoms with Crippen LogP contribution in [0.15, 0.2) is 66.3 Å². The van der Waals surface area contributed by atoms with Gasteiger partial charge in [0.2, 0.25) is 0 Å². The fourth-order valence-electron chi connectivity index (χ4n) is 2.61. The molecule has 2 aromatic carbocycles. The molecule has 2 aromatic rings. The molecule has 0 atom stereocenters. The molecule has 0 aliphatic heterocycles. The standard InChI is InChI=1S/C23H24O4/c1-15(2)22(26)27-20-12-10-19(11-13-20)23(4,5)18-8-6-17(7-9-18)14-16(3)21(24)25/h6-14H,1H2,2-5H3,(H,24,25). The average Bonchev–Trinajstić information content (AvgIpc) is 2.62. The van der Waals surface area contributed by atoms with Gasteiger partial charge in [0.1, 0.15) is 5.75 Å². The van der Waals surface area contributed by atoms with Crippen molar-refractivity contribution in [1.82, 2.24) is 0 Å².